The van der Waals surface area contributed by atoms with Crippen LogP contribution < -0.4 is 14.8 Å². The number of amides is 1. The number of sulfonamides is 1. The molecular weight excluding hydrogens is 368 g/mol. The minimum atomic E-state index is -3.70. The largest absolute Gasteiger partial charge is 0.497 e. The highest BCUT2D eigenvalue weighted by Crippen LogP contribution is 2.13. The SMILES string of the molecule is COCCNC(=O)c1cccc(S(=O)(=O)NCCc2ccc(OC)cc2)c1. The van der Waals surface area contributed by atoms with E-state index in [0.29, 0.717) is 19.6 Å². The Morgan fingerprint density at radius 3 is 2.44 bits per heavy atom. The first-order chi connectivity index (χ1) is 13.0. The molecule has 0 spiro atoms. The smallest absolute Gasteiger partial charge is 0.251 e. The number of hydrogen-bond donors (Lipinski definition) is 2. The molecule has 0 aliphatic rings. The quantitative estimate of drug-likeness (QED) is 0.599. The number of ether oxygens (including phenoxy) is 2. The fourth-order valence-corrected chi connectivity index (χ4v) is 3.46. The van der Waals surface area contributed by atoms with Gasteiger partial charge in [0, 0.05) is 25.8 Å². The van der Waals surface area contributed by atoms with Crippen molar-refractivity contribution >= 4 is 15.9 Å². The lowest BCUT2D eigenvalue weighted by Gasteiger charge is -2.09. The summed E-state index contributed by atoms with van der Waals surface area (Å²) in [5.74, 6) is 0.405. The van der Waals surface area contributed by atoms with E-state index in [0.717, 1.165) is 11.3 Å². The third-order valence-electron chi connectivity index (χ3n) is 3.86. The van der Waals surface area contributed by atoms with Crippen LogP contribution in [0.1, 0.15) is 15.9 Å². The van der Waals surface area contributed by atoms with Crippen LogP contribution in [0.2, 0.25) is 0 Å². The Morgan fingerprint density at radius 1 is 1.04 bits per heavy atom. The van der Waals surface area contributed by atoms with E-state index < -0.39 is 10.0 Å². The Morgan fingerprint density at radius 2 is 1.78 bits per heavy atom. The fourth-order valence-electron chi connectivity index (χ4n) is 2.38. The third-order valence-corrected chi connectivity index (χ3v) is 5.32. The van der Waals surface area contributed by atoms with Crippen molar-refractivity contribution in [2.75, 3.05) is 33.9 Å². The van der Waals surface area contributed by atoms with Gasteiger partial charge in [-0.2, -0.15) is 0 Å². The van der Waals surface area contributed by atoms with Gasteiger partial charge in [-0.25, -0.2) is 13.1 Å². The molecule has 0 saturated carbocycles. The molecule has 2 aromatic carbocycles. The lowest BCUT2D eigenvalue weighted by molar-refractivity contribution is 0.0937. The molecule has 2 aromatic rings. The summed E-state index contributed by atoms with van der Waals surface area (Å²) in [6, 6.07) is 13.4. The summed E-state index contributed by atoms with van der Waals surface area (Å²) in [7, 11) is -0.573. The van der Waals surface area contributed by atoms with Crippen LogP contribution in [0.5, 0.6) is 5.75 Å². The van der Waals surface area contributed by atoms with Crippen LogP contribution in [0.25, 0.3) is 0 Å². The van der Waals surface area contributed by atoms with Crippen molar-refractivity contribution in [2.45, 2.75) is 11.3 Å². The van der Waals surface area contributed by atoms with E-state index in [9.17, 15) is 13.2 Å². The van der Waals surface area contributed by atoms with Crippen LogP contribution in [0.15, 0.2) is 53.4 Å². The van der Waals surface area contributed by atoms with Crippen molar-refractivity contribution in [3.8, 4) is 5.75 Å². The molecule has 0 unspecified atom stereocenters. The maximum absolute atomic E-state index is 12.5. The Kier molecular flexibility index (Phi) is 7.78. The van der Waals surface area contributed by atoms with Gasteiger partial charge in [-0.3, -0.25) is 4.79 Å². The molecule has 0 aliphatic heterocycles. The molecule has 2 rings (SSSR count). The van der Waals surface area contributed by atoms with Crippen LogP contribution in [0, 0.1) is 0 Å². The van der Waals surface area contributed by atoms with Gasteiger partial charge >= 0.3 is 0 Å². The molecule has 0 aliphatic carbocycles. The summed E-state index contributed by atoms with van der Waals surface area (Å²) >= 11 is 0. The average molecular weight is 392 g/mol. The van der Waals surface area contributed by atoms with Crippen LogP contribution >= 0.6 is 0 Å². The number of benzene rings is 2. The molecule has 0 bridgehead atoms. The van der Waals surface area contributed by atoms with Gasteiger partial charge < -0.3 is 14.8 Å². The fraction of sp³-hybridized carbons (Fsp3) is 0.316. The van der Waals surface area contributed by atoms with E-state index in [-0.39, 0.29) is 22.9 Å². The number of rotatable bonds is 10. The summed E-state index contributed by atoms with van der Waals surface area (Å²) in [6.45, 7) is 0.988. The van der Waals surface area contributed by atoms with Crippen molar-refractivity contribution in [2.24, 2.45) is 0 Å². The maximum Gasteiger partial charge on any atom is 0.251 e. The number of carbonyl (C=O) groups is 1. The summed E-state index contributed by atoms with van der Waals surface area (Å²) < 4.78 is 37.5. The maximum atomic E-state index is 12.5. The van der Waals surface area contributed by atoms with Gasteiger partial charge in [0.1, 0.15) is 5.75 Å². The van der Waals surface area contributed by atoms with Gasteiger partial charge in [-0.15, -0.1) is 0 Å². The van der Waals surface area contributed by atoms with Crippen LogP contribution in [-0.4, -0.2) is 48.2 Å². The van der Waals surface area contributed by atoms with Gasteiger partial charge in [-0.05, 0) is 42.3 Å². The molecule has 0 aromatic heterocycles. The second kappa shape index (κ2) is 10.1. The van der Waals surface area contributed by atoms with Crippen molar-refractivity contribution < 1.29 is 22.7 Å². The molecule has 0 saturated heterocycles. The van der Waals surface area contributed by atoms with E-state index >= 15 is 0 Å². The molecule has 0 heterocycles. The second-order valence-corrected chi connectivity index (χ2v) is 7.54. The van der Waals surface area contributed by atoms with Gasteiger partial charge in [0.15, 0.2) is 0 Å². The van der Waals surface area contributed by atoms with Crippen LogP contribution in [0.4, 0.5) is 0 Å². The zero-order valence-corrected chi connectivity index (χ0v) is 16.2. The van der Waals surface area contributed by atoms with Gasteiger partial charge in [0.2, 0.25) is 10.0 Å². The molecule has 1 amide bonds. The van der Waals surface area contributed by atoms with Gasteiger partial charge in [0.05, 0.1) is 18.6 Å². The molecule has 0 atom stereocenters. The Bertz CT molecular complexity index is 851. The molecule has 0 radical (unpaired) electrons. The Labute approximate surface area is 159 Å². The minimum Gasteiger partial charge on any atom is -0.497 e. The molecule has 0 fully saturated rings. The number of carbonyl (C=O) groups excluding carboxylic acids is 1. The third kappa shape index (κ3) is 6.35. The first-order valence-corrected chi connectivity index (χ1v) is 9.94. The summed E-state index contributed by atoms with van der Waals surface area (Å²) in [5, 5.41) is 2.66. The highest BCUT2D eigenvalue weighted by atomic mass is 32.2. The molecule has 7 nitrogen and oxygen atoms in total. The van der Waals surface area contributed by atoms with E-state index in [2.05, 4.69) is 10.0 Å². The zero-order valence-electron chi connectivity index (χ0n) is 15.4. The van der Waals surface area contributed by atoms with E-state index in [1.54, 1.807) is 19.2 Å². The first-order valence-electron chi connectivity index (χ1n) is 8.46. The predicted molar refractivity (Wildman–Crippen MR) is 103 cm³/mol. The van der Waals surface area contributed by atoms with Crippen molar-refractivity contribution in [1.29, 1.82) is 0 Å². The highest BCUT2D eigenvalue weighted by Gasteiger charge is 2.15. The molecular formula is C19H24N2O5S. The van der Waals surface area contributed by atoms with Crippen molar-refractivity contribution in [1.82, 2.24) is 10.0 Å². The Hall–Kier alpha value is -2.42. The van der Waals surface area contributed by atoms with Crippen molar-refractivity contribution in [3.63, 3.8) is 0 Å². The summed E-state index contributed by atoms with van der Waals surface area (Å²) in [6.07, 6.45) is 0.542. The number of methoxy groups -OCH3 is 2. The lowest BCUT2D eigenvalue weighted by Crippen LogP contribution is -2.28. The van der Waals surface area contributed by atoms with Crippen molar-refractivity contribution in [3.05, 3.63) is 59.7 Å². The topological polar surface area (TPSA) is 93.7 Å². The predicted octanol–water partition coefficient (Wildman–Crippen LogP) is 1.59. The Balaban J connectivity index is 1.96. The normalized spacial score (nSPS) is 11.2. The van der Waals surface area contributed by atoms with E-state index in [1.165, 1.54) is 19.2 Å². The highest BCUT2D eigenvalue weighted by molar-refractivity contribution is 7.89. The number of hydrogen-bond acceptors (Lipinski definition) is 5. The molecule has 8 heteroatoms. The zero-order chi connectivity index (χ0) is 19.7. The average Bonchev–Trinajstić information content (AvgIpc) is 2.68. The van der Waals surface area contributed by atoms with E-state index in [1.807, 2.05) is 24.3 Å². The standard InChI is InChI=1S/C19H24N2O5S/c1-25-13-12-20-19(22)16-4-3-5-18(14-16)27(23,24)21-11-10-15-6-8-17(26-2)9-7-15/h3-9,14,21H,10-13H2,1-2H3,(H,20,22). The van der Waals surface area contributed by atoms with Crippen LogP contribution in [0.3, 0.4) is 0 Å². The van der Waals surface area contributed by atoms with Gasteiger partial charge in [0.25, 0.3) is 5.91 Å². The molecule has 146 valence electrons. The monoisotopic (exact) mass is 392 g/mol. The molecule has 27 heavy (non-hydrogen) atoms. The second-order valence-electron chi connectivity index (χ2n) is 5.77. The number of nitrogens with one attached hydrogen (secondary N) is 2. The lowest BCUT2D eigenvalue weighted by atomic mass is 10.1. The van der Waals surface area contributed by atoms with E-state index in [4.69, 9.17) is 9.47 Å². The first kappa shape index (κ1) is 20.9. The van der Waals surface area contributed by atoms with Crippen LogP contribution in [-0.2, 0) is 21.2 Å². The minimum absolute atomic E-state index is 0.0524. The summed E-state index contributed by atoms with van der Waals surface area (Å²) in [4.78, 5) is 12.1. The summed E-state index contributed by atoms with van der Waals surface area (Å²) in [5.41, 5.74) is 1.27. The molecule has 2 N–H and O–H groups in total. The van der Waals surface area contributed by atoms with Gasteiger partial charge in [-0.1, -0.05) is 18.2 Å².